The third-order valence-corrected chi connectivity index (χ3v) is 3.13. The van der Waals surface area contributed by atoms with Crippen LogP contribution in [0.25, 0.3) is 0 Å². The van der Waals surface area contributed by atoms with Gasteiger partial charge in [-0.3, -0.25) is 4.98 Å². The predicted molar refractivity (Wildman–Crippen MR) is 64.1 cm³/mol. The van der Waals surface area contributed by atoms with Crippen molar-refractivity contribution in [2.24, 2.45) is 0 Å². The maximum absolute atomic E-state index is 11.7. The molecule has 2 aromatic rings. The van der Waals surface area contributed by atoms with Gasteiger partial charge in [0, 0.05) is 12.6 Å². The van der Waals surface area contributed by atoms with Crippen LogP contribution in [-0.4, -0.2) is 11.0 Å². The molecule has 0 aromatic carbocycles. The SMILES string of the molecule is CCc1oc(C(=O)OCc2cncs2)cc1C. The summed E-state index contributed by atoms with van der Waals surface area (Å²) in [4.78, 5) is 16.5. The van der Waals surface area contributed by atoms with E-state index in [0.29, 0.717) is 0 Å². The van der Waals surface area contributed by atoms with Gasteiger partial charge in [-0.05, 0) is 18.6 Å². The van der Waals surface area contributed by atoms with Crippen LogP contribution in [-0.2, 0) is 17.8 Å². The summed E-state index contributed by atoms with van der Waals surface area (Å²) in [5.74, 6) is 0.666. The zero-order valence-electron chi connectivity index (χ0n) is 9.73. The first kappa shape index (κ1) is 11.9. The van der Waals surface area contributed by atoms with E-state index in [-0.39, 0.29) is 12.4 Å². The fourth-order valence-electron chi connectivity index (χ4n) is 1.49. The molecular formula is C12H13NO3S. The minimum atomic E-state index is -0.429. The van der Waals surface area contributed by atoms with E-state index in [1.54, 1.807) is 17.8 Å². The largest absolute Gasteiger partial charge is 0.454 e. The molecule has 0 atom stereocenters. The molecule has 0 saturated carbocycles. The number of furan rings is 1. The maximum atomic E-state index is 11.7. The molecule has 0 bridgehead atoms. The minimum Gasteiger partial charge on any atom is -0.454 e. The summed E-state index contributed by atoms with van der Waals surface area (Å²) >= 11 is 1.45. The van der Waals surface area contributed by atoms with Gasteiger partial charge >= 0.3 is 5.97 Å². The summed E-state index contributed by atoms with van der Waals surface area (Å²) in [6.07, 6.45) is 2.46. The molecular weight excluding hydrogens is 238 g/mol. The van der Waals surface area contributed by atoms with Crippen molar-refractivity contribution in [3.8, 4) is 0 Å². The molecule has 2 aromatic heterocycles. The number of aromatic nitrogens is 1. The highest BCUT2D eigenvalue weighted by Crippen LogP contribution is 2.17. The number of hydrogen-bond donors (Lipinski definition) is 0. The van der Waals surface area contributed by atoms with Crippen LogP contribution in [0.4, 0.5) is 0 Å². The Morgan fingerprint density at radius 3 is 3.00 bits per heavy atom. The smallest absolute Gasteiger partial charge is 0.374 e. The number of ether oxygens (including phenoxy) is 1. The van der Waals surface area contributed by atoms with Crippen LogP contribution in [0.3, 0.4) is 0 Å². The van der Waals surface area contributed by atoms with Gasteiger partial charge in [0.05, 0.1) is 10.4 Å². The lowest BCUT2D eigenvalue weighted by Crippen LogP contribution is -2.03. The molecule has 0 aliphatic carbocycles. The number of esters is 1. The van der Waals surface area contributed by atoms with Crippen molar-refractivity contribution in [2.45, 2.75) is 26.9 Å². The zero-order chi connectivity index (χ0) is 12.3. The van der Waals surface area contributed by atoms with Crippen molar-refractivity contribution >= 4 is 17.3 Å². The van der Waals surface area contributed by atoms with Gasteiger partial charge in [-0.2, -0.15) is 0 Å². The molecule has 0 aliphatic heterocycles. The number of hydrogen-bond acceptors (Lipinski definition) is 5. The highest BCUT2D eigenvalue weighted by Gasteiger charge is 2.15. The number of rotatable bonds is 4. The Hall–Kier alpha value is -1.62. The number of carbonyl (C=O) groups excluding carboxylic acids is 1. The normalized spacial score (nSPS) is 10.5. The molecule has 0 N–H and O–H groups in total. The van der Waals surface area contributed by atoms with Crippen molar-refractivity contribution in [3.05, 3.63) is 39.7 Å². The van der Waals surface area contributed by atoms with Gasteiger partial charge in [0.15, 0.2) is 0 Å². The predicted octanol–water partition coefficient (Wildman–Crippen LogP) is 2.96. The molecule has 0 radical (unpaired) electrons. The minimum absolute atomic E-state index is 0.241. The summed E-state index contributed by atoms with van der Waals surface area (Å²) < 4.78 is 10.5. The molecule has 2 heterocycles. The van der Waals surface area contributed by atoms with Crippen molar-refractivity contribution in [3.63, 3.8) is 0 Å². The second kappa shape index (κ2) is 5.14. The standard InChI is InChI=1S/C12H13NO3S/c1-3-10-8(2)4-11(16-10)12(14)15-6-9-5-13-7-17-9/h4-5,7H,3,6H2,1-2H3. The van der Waals surface area contributed by atoms with E-state index in [4.69, 9.17) is 9.15 Å². The van der Waals surface area contributed by atoms with Crippen LogP contribution < -0.4 is 0 Å². The number of aryl methyl sites for hydroxylation is 2. The van der Waals surface area contributed by atoms with E-state index >= 15 is 0 Å². The Balaban J connectivity index is 1.99. The molecule has 5 heteroatoms. The Kier molecular flexibility index (Phi) is 3.58. The van der Waals surface area contributed by atoms with Crippen LogP contribution in [0.15, 0.2) is 22.2 Å². The fourth-order valence-corrected chi connectivity index (χ4v) is 2.00. The summed E-state index contributed by atoms with van der Waals surface area (Å²) in [7, 11) is 0. The van der Waals surface area contributed by atoms with Gasteiger partial charge in [0.1, 0.15) is 12.4 Å². The van der Waals surface area contributed by atoms with Gasteiger partial charge in [-0.25, -0.2) is 4.79 Å². The third kappa shape index (κ3) is 2.74. The summed E-state index contributed by atoms with van der Waals surface area (Å²) in [6, 6.07) is 1.72. The quantitative estimate of drug-likeness (QED) is 0.784. The van der Waals surface area contributed by atoms with Crippen LogP contribution >= 0.6 is 11.3 Å². The first-order chi connectivity index (χ1) is 8.20. The average Bonchev–Trinajstić information content (AvgIpc) is 2.94. The fraction of sp³-hybridized carbons (Fsp3) is 0.333. The van der Waals surface area contributed by atoms with E-state index in [2.05, 4.69) is 4.98 Å². The Labute approximate surface area is 103 Å². The van der Waals surface area contributed by atoms with Crippen LogP contribution in [0, 0.1) is 6.92 Å². The summed E-state index contributed by atoms with van der Waals surface area (Å²) in [5, 5.41) is 0. The topological polar surface area (TPSA) is 52.3 Å². The number of nitrogens with zero attached hydrogens (tertiary/aromatic N) is 1. The van der Waals surface area contributed by atoms with Crippen LogP contribution in [0.5, 0.6) is 0 Å². The number of thiazole rings is 1. The molecule has 90 valence electrons. The van der Waals surface area contributed by atoms with Crippen molar-refractivity contribution in [2.75, 3.05) is 0 Å². The van der Waals surface area contributed by atoms with E-state index < -0.39 is 5.97 Å². The monoisotopic (exact) mass is 251 g/mol. The van der Waals surface area contributed by atoms with Gasteiger partial charge in [-0.1, -0.05) is 6.92 Å². The lowest BCUT2D eigenvalue weighted by molar-refractivity contribution is 0.0438. The molecule has 4 nitrogen and oxygen atoms in total. The molecule has 0 spiro atoms. The third-order valence-electron chi connectivity index (χ3n) is 2.37. The van der Waals surface area contributed by atoms with Crippen molar-refractivity contribution < 1.29 is 13.9 Å². The highest BCUT2D eigenvalue weighted by atomic mass is 32.1. The van der Waals surface area contributed by atoms with Crippen LogP contribution in [0.1, 0.15) is 33.7 Å². The molecule has 17 heavy (non-hydrogen) atoms. The van der Waals surface area contributed by atoms with E-state index in [0.717, 1.165) is 22.6 Å². The van der Waals surface area contributed by atoms with E-state index in [1.807, 2.05) is 13.8 Å². The van der Waals surface area contributed by atoms with Gasteiger partial charge in [-0.15, -0.1) is 11.3 Å². The number of carbonyl (C=O) groups is 1. The molecule has 0 amide bonds. The van der Waals surface area contributed by atoms with Crippen molar-refractivity contribution in [1.82, 2.24) is 4.98 Å². The highest BCUT2D eigenvalue weighted by molar-refractivity contribution is 7.09. The van der Waals surface area contributed by atoms with Gasteiger partial charge in [0.2, 0.25) is 5.76 Å². The molecule has 0 fully saturated rings. The summed E-state index contributed by atoms with van der Waals surface area (Å²) in [6.45, 7) is 4.14. The first-order valence-electron chi connectivity index (χ1n) is 5.34. The summed E-state index contributed by atoms with van der Waals surface area (Å²) in [5.41, 5.74) is 2.69. The Morgan fingerprint density at radius 1 is 1.59 bits per heavy atom. The zero-order valence-corrected chi connectivity index (χ0v) is 10.5. The molecule has 0 aliphatic rings. The second-order valence-corrected chi connectivity index (χ2v) is 4.59. The van der Waals surface area contributed by atoms with Crippen LogP contribution in [0.2, 0.25) is 0 Å². The second-order valence-electron chi connectivity index (χ2n) is 3.61. The molecule has 0 saturated heterocycles. The maximum Gasteiger partial charge on any atom is 0.374 e. The molecule has 0 unspecified atom stereocenters. The lowest BCUT2D eigenvalue weighted by Gasteiger charge is -1.99. The Morgan fingerprint density at radius 2 is 2.41 bits per heavy atom. The van der Waals surface area contributed by atoms with E-state index in [1.165, 1.54) is 11.3 Å². The Bertz CT molecular complexity index is 502. The van der Waals surface area contributed by atoms with Crippen molar-refractivity contribution in [1.29, 1.82) is 0 Å². The van der Waals surface area contributed by atoms with Gasteiger partial charge in [0.25, 0.3) is 0 Å². The first-order valence-corrected chi connectivity index (χ1v) is 6.22. The lowest BCUT2D eigenvalue weighted by atomic mass is 10.2. The molecule has 2 rings (SSSR count). The average molecular weight is 251 g/mol. The van der Waals surface area contributed by atoms with E-state index in [9.17, 15) is 4.79 Å². The van der Waals surface area contributed by atoms with Gasteiger partial charge < -0.3 is 9.15 Å².